The molecule has 0 saturated carbocycles. The Morgan fingerprint density at radius 1 is 0.938 bits per heavy atom. The highest BCUT2D eigenvalue weighted by Gasteiger charge is 2.16. The number of halogens is 2. The van der Waals surface area contributed by atoms with Gasteiger partial charge in [0.1, 0.15) is 12.4 Å². The zero-order valence-electron chi connectivity index (χ0n) is 18.0. The lowest BCUT2D eigenvalue weighted by atomic mass is 10.1. The third kappa shape index (κ3) is 7.25. The largest absolute Gasteiger partial charge is 0.493 e. The maximum absolute atomic E-state index is 13.1. The topological polar surface area (TPSA) is 64.8 Å². The first-order valence-electron chi connectivity index (χ1n) is 10.1. The van der Waals surface area contributed by atoms with Crippen LogP contribution >= 0.6 is 12.4 Å². The van der Waals surface area contributed by atoms with Crippen molar-refractivity contribution in [2.24, 2.45) is 5.73 Å². The number of nitrogens with zero attached hydrogens (tertiary/aromatic N) is 1. The van der Waals surface area contributed by atoms with Crippen molar-refractivity contribution in [3.63, 3.8) is 0 Å². The van der Waals surface area contributed by atoms with E-state index in [2.05, 4.69) is 0 Å². The lowest BCUT2D eigenvalue weighted by Gasteiger charge is -2.23. The molecule has 0 fully saturated rings. The molecule has 3 aromatic carbocycles. The number of methoxy groups -OCH3 is 1. The monoisotopic (exact) mass is 458 g/mol. The molecule has 0 atom stereocenters. The van der Waals surface area contributed by atoms with E-state index in [9.17, 15) is 9.18 Å². The molecule has 32 heavy (non-hydrogen) atoms. The molecular formula is C25H28ClFN2O3. The van der Waals surface area contributed by atoms with Crippen LogP contribution in [0.25, 0.3) is 0 Å². The number of amides is 1. The molecule has 0 saturated heterocycles. The molecule has 0 aliphatic rings. The van der Waals surface area contributed by atoms with Crippen LogP contribution in [-0.4, -0.2) is 31.0 Å². The lowest BCUT2D eigenvalue weighted by molar-refractivity contribution is -0.131. The van der Waals surface area contributed by atoms with Crippen molar-refractivity contribution < 1.29 is 18.7 Å². The molecule has 0 spiro atoms. The summed E-state index contributed by atoms with van der Waals surface area (Å²) < 4.78 is 24.5. The SMILES string of the molecule is COc1cc(CN(CCN)C(=O)Cc2ccc(F)cc2)ccc1OCc1ccccc1.Cl. The number of ether oxygens (including phenoxy) is 2. The van der Waals surface area contributed by atoms with Crippen LogP contribution in [0.15, 0.2) is 72.8 Å². The van der Waals surface area contributed by atoms with E-state index in [1.165, 1.54) is 12.1 Å². The lowest BCUT2D eigenvalue weighted by Crippen LogP contribution is -2.35. The summed E-state index contributed by atoms with van der Waals surface area (Å²) in [6, 6.07) is 21.5. The number of hydrogen-bond donors (Lipinski definition) is 1. The molecule has 0 unspecified atom stereocenters. The molecule has 0 aromatic heterocycles. The van der Waals surface area contributed by atoms with Crippen LogP contribution in [-0.2, 0) is 24.4 Å². The molecule has 170 valence electrons. The first kappa shape index (κ1) is 25.2. The summed E-state index contributed by atoms with van der Waals surface area (Å²) in [5, 5.41) is 0. The molecule has 7 heteroatoms. The molecule has 2 N–H and O–H groups in total. The standard InChI is InChI=1S/C25H27FN2O3.ClH/c1-30-24-15-21(9-12-23(24)31-18-20-5-3-2-4-6-20)17-28(14-13-27)25(29)16-19-7-10-22(26)11-8-19;/h2-12,15H,13-14,16-18,27H2,1H3;1H. The van der Waals surface area contributed by atoms with Gasteiger partial charge in [-0.25, -0.2) is 4.39 Å². The third-order valence-electron chi connectivity index (χ3n) is 4.86. The number of carbonyl (C=O) groups excluding carboxylic acids is 1. The molecule has 0 radical (unpaired) electrons. The minimum absolute atomic E-state index is 0. The normalized spacial score (nSPS) is 10.2. The maximum atomic E-state index is 13.1. The summed E-state index contributed by atoms with van der Waals surface area (Å²) in [7, 11) is 1.59. The molecule has 5 nitrogen and oxygen atoms in total. The smallest absolute Gasteiger partial charge is 0.227 e. The molecule has 1 amide bonds. The van der Waals surface area contributed by atoms with Crippen molar-refractivity contribution in [3.8, 4) is 11.5 Å². The summed E-state index contributed by atoms with van der Waals surface area (Å²) >= 11 is 0. The van der Waals surface area contributed by atoms with E-state index in [-0.39, 0.29) is 30.6 Å². The van der Waals surface area contributed by atoms with E-state index < -0.39 is 0 Å². The van der Waals surface area contributed by atoms with Gasteiger partial charge in [0.2, 0.25) is 5.91 Å². The maximum Gasteiger partial charge on any atom is 0.227 e. The first-order valence-corrected chi connectivity index (χ1v) is 10.1. The molecule has 3 aromatic rings. The van der Waals surface area contributed by atoms with Crippen LogP contribution in [0.4, 0.5) is 4.39 Å². The highest BCUT2D eigenvalue weighted by atomic mass is 35.5. The average molecular weight is 459 g/mol. The highest BCUT2D eigenvalue weighted by molar-refractivity contribution is 5.85. The van der Waals surface area contributed by atoms with Crippen LogP contribution in [0.3, 0.4) is 0 Å². The zero-order chi connectivity index (χ0) is 22.1. The predicted octanol–water partition coefficient (Wildman–Crippen LogP) is 4.37. The second kappa shape index (κ2) is 12.7. The van der Waals surface area contributed by atoms with E-state index in [0.29, 0.717) is 37.7 Å². The van der Waals surface area contributed by atoms with Gasteiger partial charge in [-0.05, 0) is 41.0 Å². The van der Waals surface area contributed by atoms with Crippen molar-refractivity contribution in [3.05, 3.63) is 95.3 Å². The molecule has 3 rings (SSSR count). The molecule has 0 bridgehead atoms. The Bertz CT molecular complexity index is 984. The van der Waals surface area contributed by atoms with Gasteiger partial charge < -0.3 is 20.1 Å². The molecule has 0 aliphatic carbocycles. The van der Waals surface area contributed by atoms with E-state index in [1.54, 1.807) is 24.1 Å². The van der Waals surface area contributed by atoms with E-state index in [4.69, 9.17) is 15.2 Å². The Kier molecular flexibility index (Phi) is 9.98. The number of benzene rings is 3. The minimum atomic E-state index is -0.323. The summed E-state index contributed by atoms with van der Waals surface area (Å²) in [5.74, 6) is 0.849. The summed E-state index contributed by atoms with van der Waals surface area (Å²) in [4.78, 5) is 14.5. The molecule has 0 heterocycles. The molecular weight excluding hydrogens is 431 g/mol. The van der Waals surface area contributed by atoms with Crippen molar-refractivity contribution in [1.29, 1.82) is 0 Å². The van der Waals surface area contributed by atoms with Crippen molar-refractivity contribution in [2.45, 2.75) is 19.6 Å². The predicted molar refractivity (Wildman–Crippen MR) is 126 cm³/mol. The van der Waals surface area contributed by atoms with Crippen LogP contribution in [0.5, 0.6) is 11.5 Å². The van der Waals surface area contributed by atoms with Gasteiger partial charge in [0.05, 0.1) is 13.5 Å². The number of hydrogen-bond acceptors (Lipinski definition) is 4. The fraction of sp³-hybridized carbons (Fsp3) is 0.240. The van der Waals surface area contributed by atoms with Crippen molar-refractivity contribution in [2.75, 3.05) is 20.2 Å². The van der Waals surface area contributed by atoms with Gasteiger partial charge in [0, 0.05) is 19.6 Å². The third-order valence-corrected chi connectivity index (χ3v) is 4.86. The zero-order valence-corrected chi connectivity index (χ0v) is 18.8. The number of rotatable bonds is 10. The summed E-state index contributed by atoms with van der Waals surface area (Å²) in [6.45, 7) is 1.61. The van der Waals surface area contributed by atoms with E-state index in [0.717, 1.165) is 16.7 Å². The number of carbonyl (C=O) groups is 1. The fourth-order valence-electron chi connectivity index (χ4n) is 3.22. The van der Waals surface area contributed by atoms with Crippen LogP contribution in [0.2, 0.25) is 0 Å². The van der Waals surface area contributed by atoms with Gasteiger partial charge in [-0.2, -0.15) is 0 Å². The quantitative estimate of drug-likeness (QED) is 0.490. The van der Waals surface area contributed by atoms with Crippen molar-refractivity contribution in [1.82, 2.24) is 4.90 Å². The van der Waals surface area contributed by atoms with Gasteiger partial charge in [-0.15, -0.1) is 12.4 Å². The van der Waals surface area contributed by atoms with Gasteiger partial charge in [-0.3, -0.25) is 4.79 Å². The summed E-state index contributed by atoms with van der Waals surface area (Å²) in [5.41, 5.74) is 8.45. The Morgan fingerprint density at radius 2 is 1.62 bits per heavy atom. The fourth-order valence-corrected chi connectivity index (χ4v) is 3.22. The average Bonchev–Trinajstić information content (AvgIpc) is 2.80. The second-order valence-electron chi connectivity index (χ2n) is 7.17. The van der Waals surface area contributed by atoms with E-state index in [1.807, 2.05) is 48.5 Å². The number of nitrogens with two attached hydrogens (primary N) is 1. The Morgan fingerprint density at radius 3 is 2.28 bits per heavy atom. The van der Waals surface area contributed by atoms with Gasteiger partial charge in [-0.1, -0.05) is 48.5 Å². The van der Waals surface area contributed by atoms with Gasteiger partial charge in [0.25, 0.3) is 0 Å². The Hall–Kier alpha value is -3.09. The van der Waals surface area contributed by atoms with Crippen LogP contribution < -0.4 is 15.2 Å². The van der Waals surface area contributed by atoms with Crippen LogP contribution in [0, 0.1) is 5.82 Å². The summed E-state index contributed by atoms with van der Waals surface area (Å²) in [6.07, 6.45) is 0.190. The van der Waals surface area contributed by atoms with Crippen LogP contribution in [0.1, 0.15) is 16.7 Å². The minimum Gasteiger partial charge on any atom is -0.493 e. The highest BCUT2D eigenvalue weighted by Crippen LogP contribution is 2.29. The second-order valence-corrected chi connectivity index (χ2v) is 7.17. The Balaban J connectivity index is 0.00000363. The van der Waals surface area contributed by atoms with Gasteiger partial charge >= 0.3 is 0 Å². The Labute approximate surface area is 194 Å². The van der Waals surface area contributed by atoms with Crippen molar-refractivity contribution >= 4 is 18.3 Å². The van der Waals surface area contributed by atoms with Gasteiger partial charge in [0.15, 0.2) is 11.5 Å². The van der Waals surface area contributed by atoms with E-state index >= 15 is 0 Å². The molecule has 0 aliphatic heterocycles. The first-order chi connectivity index (χ1) is 15.1.